The minimum absolute atomic E-state index is 0.421. The molecule has 84 valence electrons. The minimum Gasteiger partial charge on any atom is -0.315 e. The van der Waals surface area contributed by atoms with Gasteiger partial charge in [-0.1, -0.05) is 13.8 Å². The van der Waals surface area contributed by atoms with Crippen LogP contribution in [0.4, 0.5) is 0 Å². The fourth-order valence-electron chi connectivity index (χ4n) is 2.37. The number of hydrogen-bond donors (Lipinski definition) is 1. The van der Waals surface area contributed by atoms with E-state index in [1.54, 1.807) is 0 Å². The maximum Gasteiger partial charge on any atom is 0.0215 e. The number of hydrogen-bond acceptors (Lipinski definition) is 2. The van der Waals surface area contributed by atoms with E-state index in [9.17, 15) is 0 Å². The Morgan fingerprint density at radius 2 is 2.00 bits per heavy atom. The van der Waals surface area contributed by atoms with E-state index in [0.717, 1.165) is 5.92 Å². The highest BCUT2D eigenvalue weighted by molar-refractivity contribution is 4.90. The molecule has 2 nitrogen and oxygen atoms in total. The van der Waals surface area contributed by atoms with Gasteiger partial charge in [-0.25, -0.2) is 0 Å². The third-order valence-electron chi connectivity index (χ3n) is 3.67. The topological polar surface area (TPSA) is 15.3 Å². The first-order valence-corrected chi connectivity index (χ1v) is 5.89. The quantitative estimate of drug-likeness (QED) is 0.744. The molecule has 0 aliphatic carbocycles. The monoisotopic (exact) mass is 198 g/mol. The smallest absolute Gasteiger partial charge is 0.0215 e. The van der Waals surface area contributed by atoms with Crippen LogP contribution < -0.4 is 5.32 Å². The van der Waals surface area contributed by atoms with Crippen LogP contribution in [0.2, 0.25) is 0 Å². The van der Waals surface area contributed by atoms with E-state index in [4.69, 9.17) is 0 Å². The second-order valence-electron chi connectivity index (χ2n) is 5.50. The summed E-state index contributed by atoms with van der Waals surface area (Å²) in [6.07, 6.45) is 2.71. The Hall–Kier alpha value is -0.0800. The lowest BCUT2D eigenvalue weighted by Crippen LogP contribution is -2.48. The Labute approximate surface area is 89.1 Å². The molecule has 0 saturated carbocycles. The zero-order valence-electron chi connectivity index (χ0n) is 10.4. The molecular weight excluding hydrogens is 172 g/mol. The average molecular weight is 198 g/mol. The van der Waals surface area contributed by atoms with Crippen LogP contribution >= 0.6 is 0 Å². The molecule has 0 bridgehead atoms. The summed E-state index contributed by atoms with van der Waals surface area (Å²) in [6.45, 7) is 11.8. The maximum atomic E-state index is 3.42. The molecule has 1 rings (SSSR count). The molecule has 1 aliphatic heterocycles. The first-order chi connectivity index (χ1) is 6.47. The molecule has 1 aliphatic rings. The molecular formula is C12H26N2. The highest BCUT2D eigenvalue weighted by atomic mass is 15.2. The van der Waals surface area contributed by atoms with Crippen LogP contribution in [0.5, 0.6) is 0 Å². The van der Waals surface area contributed by atoms with Crippen LogP contribution in [0.25, 0.3) is 0 Å². The molecule has 1 N–H and O–H groups in total. The summed E-state index contributed by atoms with van der Waals surface area (Å²) in [5.41, 5.74) is 0.421. The van der Waals surface area contributed by atoms with Gasteiger partial charge in [0, 0.05) is 18.1 Å². The lowest BCUT2D eigenvalue weighted by molar-refractivity contribution is 0.146. The van der Waals surface area contributed by atoms with Crippen LogP contribution in [-0.4, -0.2) is 36.6 Å². The van der Waals surface area contributed by atoms with Crippen molar-refractivity contribution in [2.45, 2.75) is 52.1 Å². The molecule has 2 heteroatoms. The van der Waals surface area contributed by atoms with Gasteiger partial charge in [-0.3, -0.25) is 4.90 Å². The highest BCUT2D eigenvalue weighted by Crippen LogP contribution is 2.28. The van der Waals surface area contributed by atoms with Crippen LogP contribution in [-0.2, 0) is 0 Å². The van der Waals surface area contributed by atoms with Gasteiger partial charge in [0.25, 0.3) is 0 Å². The number of likely N-dealkylation sites (tertiary alicyclic amines) is 1. The first kappa shape index (κ1) is 12.0. The van der Waals surface area contributed by atoms with Crippen molar-refractivity contribution in [1.29, 1.82) is 0 Å². The first-order valence-electron chi connectivity index (χ1n) is 5.89. The number of rotatable bonds is 4. The minimum atomic E-state index is 0.421. The summed E-state index contributed by atoms with van der Waals surface area (Å²) in [5.74, 6) is 0.719. The van der Waals surface area contributed by atoms with Gasteiger partial charge in [-0.15, -0.1) is 0 Å². The van der Waals surface area contributed by atoms with E-state index in [2.05, 4.69) is 45.0 Å². The standard InChI is InChI=1S/C12H26N2/c1-10(2)11(13-5)9-14-8-6-7-12(14,3)4/h10-11,13H,6-9H2,1-5H3. The summed E-state index contributed by atoms with van der Waals surface area (Å²) in [6, 6.07) is 0.632. The lowest BCUT2D eigenvalue weighted by Gasteiger charge is -2.35. The van der Waals surface area contributed by atoms with Gasteiger partial charge in [-0.2, -0.15) is 0 Å². The van der Waals surface area contributed by atoms with Crippen molar-refractivity contribution in [2.75, 3.05) is 20.1 Å². The summed E-state index contributed by atoms with van der Waals surface area (Å²) >= 11 is 0. The van der Waals surface area contributed by atoms with Crippen molar-refractivity contribution < 1.29 is 0 Å². The Bertz CT molecular complexity index is 175. The largest absolute Gasteiger partial charge is 0.315 e. The molecule has 0 amide bonds. The Morgan fingerprint density at radius 3 is 2.36 bits per heavy atom. The Balaban J connectivity index is 2.50. The molecule has 0 spiro atoms. The molecule has 1 atom stereocenters. The molecule has 0 aromatic rings. The van der Waals surface area contributed by atoms with Crippen molar-refractivity contribution in [3.63, 3.8) is 0 Å². The fourth-order valence-corrected chi connectivity index (χ4v) is 2.37. The summed E-state index contributed by atoms with van der Waals surface area (Å²) in [4.78, 5) is 2.63. The Morgan fingerprint density at radius 1 is 1.36 bits per heavy atom. The summed E-state index contributed by atoms with van der Waals surface area (Å²) in [7, 11) is 2.08. The second kappa shape index (κ2) is 4.63. The van der Waals surface area contributed by atoms with E-state index in [1.165, 1.54) is 25.9 Å². The third kappa shape index (κ3) is 2.71. The molecule has 1 unspecified atom stereocenters. The van der Waals surface area contributed by atoms with E-state index in [-0.39, 0.29) is 0 Å². The average Bonchev–Trinajstić information content (AvgIpc) is 2.40. The van der Waals surface area contributed by atoms with Gasteiger partial charge in [0.15, 0.2) is 0 Å². The zero-order valence-corrected chi connectivity index (χ0v) is 10.4. The molecule has 0 radical (unpaired) electrons. The van der Waals surface area contributed by atoms with Crippen molar-refractivity contribution >= 4 is 0 Å². The van der Waals surface area contributed by atoms with Gasteiger partial charge in [0.05, 0.1) is 0 Å². The van der Waals surface area contributed by atoms with Crippen LogP contribution in [0.15, 0.2) is 0 Å². The number of likely N-dealkylation sites (N-methyl/N-ethyl adjacent to an activating group) is 1. The lowest BCUT2D eigenvalue weighted by atomic mass is 9.99. The van der Waals surface area contributed by atoms with Crippen LogP contribution in [0, 0.1) is 5.92 Å². The Kier molecular flexibility index (Phi) is 3.96. The maximum absolute atomic E-state index is 3.42. The van der Waals surface area contributed by atoms with Gasteiger partial charge in [0.1, 0.15) is 0 Å². The van der Waals surface area contributed by atoms with E-state index >= 15 is 0 Å². The van der Waals surface area contributed by atoms with Crippen molar-refractivity contribution in [3.8, 4) is 0 Å². The van der Waals surface area contributed by atoms with Gasteiger partial charge in [0.2, 0.25) is 0 Å². The zero-order chi connectivity index (χ0) is 10.8. The number of nitrogens with one attached hydrogen (secondary N) is 1. The van der Waals surface area contributed by atoms with E-state index in [0.29, 0.717) is 11.6 Å². The van der Waals surface area contributed by atoms with Gasteiger partial charge >= 0.3 is 0 Å². The van der Waals surface area contributed by atoms with E-state index < -0.39 is 0 Å². The second-order valence-corrected chi connectivity index (χ2v) is 5.50. The fraction of sp³-hybridized carbons (Fsp3) is 1.00. The van der Waals surface area contributed by atoms with Crippen LogP contribution in [0.1, 0.15) is 40.5 Å². The van der Waals surface area contributed by atoms with Crippen molar-refractivity contribution in [1.82, 2.24) is 10.2 Å². The van der Waals surface area contributed by atoms with Crippen molar-refractivity contribution in [3.05, 3.63) is 0 Å². The van der Waals surface area contributed by atoms with Crippen molar-refractivity contribution in [2.24, 2.45) is 5.92 Å². The van der Waals surface area contributed by atoms with Gasteiger partial charge < -0.3 is 5.32 Å². The predicted octanol–water partition coefficient (Wildman–Crippen LogP) is 2.10. The molecule has 14 heavy (non-hydrogen) atoms. The molecule has 1 fully saturated rings. The van der Waals surface area contributed by atoms with Crippen LogP contribution in [0.3, 0.4) is 0 Å². The van der Waals surface area contributed by atoms with E-state index in [1.807, 2.05) is 0 Å². The summed E-state index contributed by atoms with van der Waals surface area (Å²) in [5, 5.41) is 3.42. The molecule has 0 aromatic heterocycles. The van der Waals surface area contributed by atoms with Gasteiger partial charge in [-0.05, 0) is 46.2 Å². The number of nitrogens with zero attached hydrogens (tertiary/aromatic N) is 1. The molecule has 1 heterocycles. The molecule has 0 aromatic carbocycles. The summed E-state index contributed by atoms with van der Waals surface area (Å²) < 4.78 is 0. The third-order valence-corrected chi connectivity index (χ3v) is 3.67. The predicted molar refractivity (Wildman–Crippen MR) is 62.6 cm³/mol. The SMILES string of the molecule is CNC(CN1CCCC1(C)C)C(C)C. The molecule has 1 saturated heterocycles. The normalized spacial score (nSPS) is 24.4. The highest BCUT2D eigenvalue weighted by Gasteiger charge is 2.33.